The van der Waals surface area contributed by atoms with Crippen LogP contribution < -0.4 is 5.32 Å². The number of benzene rings is 1. The van der Waals surface area contributed by atoms with Gasteiger partial charge in [-0.1, -0.05) is 24.3 Å². The van der Waals surface area contributed by atoms with E-state index in [-0.39, 0.29) is 5.56 Å². The predicted molar refractivity (Wildman–Crippen MR) is 59.9 cm³/mol. The lowest BCUT2D eigenvalue weighted by molar-refractivity contribution is -0.216. The Hall–Kier alpha value is -1.07. The van der Waals surface area contributed by atoms with Gasteiger partial charge in [0.15, 0.2) is 6.10 Å². The van der Waals surface area contributed by atoms with E-state index in [2.05, 4.69) is 10.1 Å². The van der Waals surface area contributed by atoms with Crippen LogP contribution in [0.25, 0.3) is 0 Å². The van der Waals surface area contributed by atoms with Gasteiger partial charge in [-0.2, -0.15) is 13.2 Å². The zero-order chi connectivity index (χ0) is 12.9. The van der Waals surface area contributed by atoms with Gasteiger partial charge in [-0.05, 0) is 31.1 Å². The van der Waals surface area contributed by atoms with E-state index in [0.717, 1.165) is 7.11 Å². The van der Waals surface area contributed by atoms with Gasteiger partial charge in [-0.3, -0.25) is 0 Å². The molecule has 1 rings (SSSR count). The van der Waals surface area contributed by atoms with Crippen LogP contribution in [0.4, 0.5) is 13.2 Å². The van der Waals surface area contributed by atoms with Gasteiger partial charge in [0.05, 0.1) is 0 Å². The van der Waals surface area contributed by atoms with E-state index in [1.807, 2.05) is 0 Å². The second-order valence-corrected chi connectivity index (χ2v) is 3.71. The average molecular weight is 247 g/mol. The SMILES string of the molecule is CNCCc1ccccc1C(OC)C(F)(F)F. The minimum absolute atomic E-state index is 0.192. The molecule has 0 aliphatic rings. The van der Waals surface area contributed by atoms with Crippen LogP contribution in [0.5, 0.6) is 0 Å². The molecule has 0 fully saturated rings. The molecule has 0 aromatic heterocycles. The van der Waals surface area contributed by atoms with Gasteiger partial charge in [0.25, 0.3) is 0 Å². The fourth-order valence-corrected chi connectivity index (χ4v) is 1.71. The standard InChI is InChI=1S/C12H16F3NO/c1-16-8-7-9-5-3-4-6-10(9)11(17-2)12(13,14)15/h3-6,11,16H,7-8H2,1-2H3. The van der Waals surface area contributed by atoms with Crippen LogP contribution in [0.15, 0.2) is 24.3 Å². The highest BCUT2D eigenvalue weighted by atomic mass is 19.4. The molecule has 1 N–H and O–H groups in total. The van der Waals surface area contributed by atoms with Crippen molar-refractivity contribution in [2.24, 2.45) is 0 Å². The van der Waals surface area contributed by atoms with Crippen LogP contribution in [0.1, 0.15) is 17.2 Å². The summed E-state index contributed by atoms with van der Waals surface area (Å²) in [4.78, 5) is 0. The highest BCUT2D eigenvalue weighted by molar-refractivity contribution is 5.30. The average Bonchev–Trinajstić information content (AvgIpc) is 2.27. The quantitative estimate of drug-likeness (QED) is 0.863. The van der Waals surface area contributed by atoms with E-state index in [1.54, 1.807) is 25.2 Å². The third kappa shape index (κ3) is 3.71. The van der Waals surface area contributed by atoms with Gasteiger partial charge in [0, 0.05) is 7.11 Å². The zero-order valence-corrected chi connectivity index (χ0v) is 9.84. The molecule has 1 aromatic rings. The summed E-state index contributed by atoms with van der Waals surface area (Å²) >= 11 is 0. The summed E-state index contributed by atoms with van der Waals surface area (Å²) in [6.07, 6.45) is -5.69. The molecule has 1 atom stereocenters. The number of hydrogen-bond acceptors (Lipinski definition) is 2. The second kappa shape index (κ2) is 6.02. The number of hydrogen-bond donors (Lipinski definition) is 1. The molecule has 1 unspecified atom stereocenters. The van der Waals surface area contributed by atoms with Crippen molar-refractivity contribution in [1.29, 1.82) is 0 Å². The molecule has 0 heterocycles. The lowest BCUT2D eigenvalue weighted by Gasteiger charge is -2.21. The van der Waals surface area contributed by atoms with Crippen molar-refractivity contribution in [3.05, 3.63) is 35.4 Å². The number of halogens is 3. The number of methoxy groups -OCH3 is 1. The molecule has 0 amide bonds. The second-order valence-electron chi connectivity index (χ2n) is 3.71. The zero-order valence-electron chi connectivity index (χ0n) is 9.84. The summed E-state index contributed by atoms with van der Waals surface area (Å²) in [6.45, 7) is 0.630. The molecular formula is C12H16F3NO. The summed E-state index contributed by atoms with van der Waals surface area (Å²) in [6, 6.07) is 6.49. The first-order chi connectivity index (χ1) is 8.00. The number of ether oxygens (including phenoxy) is 1. The maximum atomic E-state index is 12.8. The van der Waals surface area contributed by atoms with Crippen LogP contribution in [0, 0.1) is 0 Å². The molecule has 96 valence electrons. The lowest BCUT2D eigenvalue weighted by Crippen LogP contribution is -2.24. The molecule has 0 bridgehead atoms. The van der Waals surface area contributed by atoms with Gasteiger partial charge in [0.1, 0.15) is 0 Å². The van der Waals surface area contributed by atoms with Crippen molar-refractivity contribution < 1.29 is 17.9 Å². The van der Waals surface area contributed by atoms with E-state index < -0.39 is 12.3 Å². The lowest BCUT2D eigenvalue weighted by atomic mass is 9.99. The van der Waals surface area contributed by atoms with Gasteiger partial charge < -0.3 is 10.1 Å². The molecule has 0 saturated heterocycles. The Morgan fingerprint density at radius 1 is 1.29 bits per heavy atom. The molecule has 0 saturated carbocycles. The first-order valence-corrected chi connectivity index (χ1v) is 5.32. The Morgan fingerprint density at radius 2 is 1.94 bits per heavy atom. The molecule has 0 spiro atoms. The van der Waals surface area contributed by atoms with E-state index in [4.69, 9.17) is 0 Å². The van der Waals surface area contributed by atoms with Crippen LogP contribution in [-0.2, 0) is 11.2 Å². The summed E-state index contributed by atoms with van der Waals surface area (Å²) in [5, 5.41) is 2.92. The third-order valence-electron chi connectivity index (χ3n) is 2.51. The van der Waals surface area contributed by atoms with Gasteiger partial charge in [0.2, 0.25) is 0 Å². The molecule has 17 heavy (non-hydrogen) atoms. The third-order valence-corrected chi connectivity index (χ3v) is 2.51. The molecule has 5 heteroatoms. The Bertz CT molecular complexity index is 352. The number of nitrogens with one attached hydrogen (secondary N) is 1. The molecule has 2 nitrogen and oxygen atoms in total. The number of likely N-dealkylation sites (N-methyl/N-ethyl adjacent to an activating group) is 1. The molecule has 0 aliphatic heterocycles. The smallest absolute Gasteiger partial charge is 0.367 e. The fourth-order valence-electron chi connectivity index (χ4n) is 1.71. The van der Waals surface area contributed by atoms with Crippen LogP contribution in [0.3, 0.4) is 0 Å². The van der Waals surface area contributed by atoms with Gasteiger partial charge >= 0.3 is 6.18 Å². The maximum absolute atomic E-state index is 12.8. The normalized spacial score (nSPS) is 13.7. The van der Waals surface area contributed by atoms with Gasteiger partial charge in [-0.15, -0.1) is 0 Å². The van der Waals surface area contributed by atoms with Crippen LogP contribution in [0.2, 0.25) is 0 Å². The molecule has 1 aromatic carbocycles. The Balaban J connectivity index is 3.02. The summed E-state index contributed by atoms with van der Waals surface area (Å²) < 4.78 is 42.9. The topological polar surface area (TPSA) is 21.3 Å². The van der Waals surface area contributed by atoms with Crippen molar-refractivity contribution in [1.82, 2.24) is 5.32 Å². The fraction of sp³-hybridized carbons (Fsp3) is 0.500. The molecule has 0 aliphatic carbocycles. The van der Waals surface area contributed by atoms with Crippen molar-refractivity contribution in [2.45, 2.75) is 18.7 Å². The molecule has 0 radical (unpaired) electrons. The Morgan fingerprint density at radius 3 is 2.47 bits per heavy atom. The van der Waals surface area contributed by atoms with E-state index in [0.29, 0.717) is 18.5 Å². The number of alkyl halides is 3. The maximum Gasteiger partial charge on any atom is 0.418 e. The van der Waals surface area contributed by atoms with E-state index in [1.165, 1.54) is 6.07 Å². The summed E-state index contributed by atoms with van der Waals surface area (Å²) in [5.74, 6) is 0. The van der Waals surface area contributed by atoms with Crippen LogP contribution in [-0.4, -0.2) is 26.9 Å². The first kappa shape index (κ1) is 14.0. The summed E-state index contributed by atoms with van der Waals surface area (Å²) in [5.41, 5.74) is 0.851. The summed E-state index contributed by atoms with van der Waals surface area (Å²) in [7, 11) is 2.84. The monoisotopic (exact) mass is 247 g/mol. The van der Waals surface area contributed by atoms with E-state index >= 15 is 0 Å². The van der Waals surface area contributed by atoms with Crippen molar-refractivity contribution in [3.63, 3.8) is 0 Å². The number of rotatable bonds is 5. The Labute approximate surface area is 98.8 Å². The largest absolute Gasteiger partial charge is 0.418 e. The van der Waals surface area contributed by atoms with Gasteiger partial charge in [-0.25, -0.2) is 0 Å². The first-order valence-electron chi connectivity index (χ1n) is 5.32. The minimum Gasteiger partial charge on any atom is -0.367 e. The Kier molecular flexibility index (Phi) is 4.96. The predicted octanol–water partition coefficient (Wildman–Crippen LogP) is 2.70. The van der Waals surface area contributed by atoms with Crippen molar-refractivity contribution in [2.75, 3.05) is 20.7 Å². The minimum atomic E-state index is -4.38. The van der Waals surface area contributed by atoms with Crippen molar-refractivity contribution >= 4 is 0 Å². The highest BCUT2D eigenvalue weighted by Crippen LogP contribution is 2.36. The van der Waals surface area contributed by atoms with Crippen LogP contribution >= 0.6 is 0 Å². The highest BCUT2D eigenvalue weighted by Gasteiger charge is 2.41. The van der Waals surface area contributed by atoms with Crippen molar-refractivity contribution in [3.8, 4) is 0 Å². The molecular weight excluding hydrogens is 231 g/mol. The van der Waals surface area contributed by atoms with E-state index in [9.17, 15) is 13.2 Å².